The Labute approximate surface area is 122 Å². The second-order valence-corrected chi connectivity index (χ2v) is 5.69. The van der Waals surface area contributed by atoms with E-state index in [-0.39, 0.29) is 12.0 Å². The maximum atomic E-state index is 9.27. The first-order valence-electron chi connectivity index (χ1n) is 7.05. The number of rotatable bonds is 4. The van der Waals surface area contributed by atoms with Crippen LogP contribution in [-0.2, 0) is 0 Å². The third-order valence-corrected chi connectivity index (χ3v) is 3.72. The topological polar surface area (TPSA) is 59.6 Å². The minimum atomic E-state index is -0.0730. The molecule has 0 fully saturated rings. The van der Waals surface area contributed by atoms with Crippen molar-refractivity contribution in [1.29, 1.82) is 10.5 Å². The van der Waals surface area contributed by atoms with Crippen LogP contribution in [0.15, 0.2) is 34.6 Å². The summed E-state index contributed by atoms with van der Waals surface area (Å²) in [5.74, 6) is 0.231. The Kier molecular flexibility index (Phi) is 5.59. The number of nitriles is 2. The van der Waals surface area contributed by atoms with Gasteiger partial charge in [0.25, 0.3) is 0 Å². The van der Waals surface area contributed by atoms with E-state index in [1.807, 2.05) is 13.0 Å². The maximum Gasteiger partial charge on any atom is 0.0940 e. The molecule has 0 aromatic carbocycles. The lowest BCUT2D eigenvalue weighted by molar-refractivity contribution is 0.555. The Morgan fingerprint density at radius 3 is 2.55 bits per heavy atom. The van der Waals surface area contributed by atoms with Crippen LogP contribution in [0.25, 0.3) is 0 Å². The van der Waals surface area contributed by atoms with Gasteiger partial charge in [0.2, 0.25) is 0 Å². The molecule has 0 saturated carbocycles. The summed E-state index contributed by atoms with van der Waals surface area (Å²) < 4.78 is 0. The average molecular weight is 269 g/mol. The molecule has 1 aliphatic rings. The summed E-state index contributed by atoms with van der Waals surface area (Å²) in [6.07, 6.45) is 4.78. The van der Waals surface area contributed by atoms with E-state index in [2.05, 4.69) is 51.2 Å². The summed E-state index contributed by atoms with van der Waals surface area (Å²) in [7, 11) is 0. The minimum absolute atomic E-state index is 0.0730. The van der Waals surface area contributed by atoms with Crippen molar-refractivity contribution in [2.45, 2.75) is 47.1 Å². The second kappa shape index (κ2) is 6.96. The molecule has 0 spiro atoms. The van der Waals surface area contributed by atoms with Crippen LogP contribution in [0.1, 0.15) is 41.0 Å². The maximum absolute atomic E-state index is 9.27. The Morgan fingerprint density at radius 2 is 2.05 bits per heavy atom. The van der Waals surface area contributed by atoms with Crippen molar-refractivity contribution >= 4 is 0 Å². The lowest BCUT2D eigenvalue weighted by atomic mass is 9.90. The van der Waals surface area contributed by atoms with Crippen molar-refractivity contribution in [3.8, 4) is 12.1 Å². The van der Waals surface area contributed by atoms with Crippen LogP contribution in [0.5, 0.6) is 0 Å². The van der Waals surface area contributed by atoms with Crippen molar-refractivity contribution in [2.75, 3.05) is 0 Å². The summed E-state index contributed by atoms with van der Waals surface area (Å²) >= 11 is 0. The first-order chi connectivity index (χ1) is 9.40. The molecule has 0 aromatic heterocycles. The number of nitrogens with one attached hydrogen (secondary N) is 1. The lowest BCUT2D eigenvalue weighted by Gasteiger charge is -2.14. The van der Waals surface area contributed by atoms with Gasteiger partial charge in [0.05, 0.1) is 18.1 Å². The zero-order chi connectivity index (χ0) is 15.3. The standard InChI is InChI=1S/C17H23N3/c1-11(2)15(10-19)8-17-14(5)20-13(4)16(17)7-6-12(3)9-18/h6,8,11,14-15,20H,7H2,1-5H3/b12-6+,17-8+. The van der Waals surface area contributed by atoms with Crippen LogP contribution in [0.4, 0.5) is 0 Å². The molecule has 0 radical (unpaired) electrons. The molecule has 0 aliphatic carbocycles. The molecule has 3 nitrogen and oxygen atoms in total. The van der Waals surface area contributed by atoms with Gasteiger partial charge in [0.1, 0.15) is 0 Å². The lowest BCUT2D eigenvalue weighted by Crippen LogP contribution is -2.19. The van der Waals surface area contributed by atoms with Crippen molar-refractivity contribution in [2.24, 2.45) is 11.8 Å². The van der Waals surface area contributed by atoms with Gasteiger partial charge < -0.3 is 5.32 Å². The fraction of sp³-hybridized carbons (Fsp3) is 0.529. The van der Waals surface area contributed by atoms with Gasteiger partial charge in [-0.1, -0.05) is 26.0 Å². The average Bonchev–Trinajstić information content (AvgIpc) is 2.66. The number of nitrogens with zero attached hydrogens (tertiary/aromatic N) is 2. The van der Waals surface area contributed by atoms with Gasteiger partial charge in [-0.2, -0.15) is 10.5 Å². The molecular formula is C17H23N3. The third kappa shape index (κ3) is 3.75. The van der Waals surface area contributed by atoms with E-state index in [1.165, 1.54) is 11.1 Å². The van der Waals surface area contributed by atoms with E-state index in [1.54, 1.807) is 0 Å². The second-order valence-electron chi connectivity index (χ2n) is 5.69. The molecule has 1 aliphatic heterocycles. The molecule has 1 heterocycles. The zero-order valence-electron chi connectivity index (χ0n) is 13.0. The third-order valence-electron chi connectivity index (χ3n) is 3.72. The summed E-state index contributed by atoms with van der Waals surface area (Å²) in [6.45, 7) is 10.1. The molecule has 2 unspecified atom stereocenters. The SMILES string of the molecule is CC1=C(C/C=C(\C)C#N)/C(=C/C(C#N)C(C)C)C(C)N1. The van der Waals surface area contributed by atoms with Crippen LogP contribution in [0, 0.1) is 34.5 Å². The van der Waals surface area contributed by atoms with Crippen LogP contribution in [0.3, 0.4) is 0 Å². The molecule has 0 bridgehead atoms. The van der Waals surface area contributed by atoms with Crippen LogP contribution in [0.2, 0.25) is 0 Å². The molecule has 20 heavy (non-hydrogen) atoms. The summed E-state index contributed by atoms with van der Waals surface area (Å²) in [5.41, 5.74) is 4.29. The van der Waals surface area contributed by atoms with Gasteiger partial charge >= 0.3 is 0 Å². The van der Waals surface area contributed by atoms with Gasteiger partial charge in [0.15, 0.2) is 0 Å². The highest BCUT2D eigenvalue weighted by atomic mass is 14.9. The van der Waals surface area contributed by atoms with Crippen LogP contribution in [-0.4, -0.2) is 6.04 Å². The number of allylic oxidation sites excluding steroid dienone is 4. The Balaban J connectivity index is 3.08. The Morgan fingerprint density at radius 1 is 1.40 bits per heavy atom. The molecule has 0 aromatic rings. The summed E-state index contributed by atoms with van der Waals surface area (Å²) in [6, 6.07) is 4.74. The molecule has 0 saturated heterocycles. The van der Waals surface area contributed by atoms with Gasteiger partial charge in [-0.05, 0) is 44.3 Å². The summed E-state index contributed by atoms with van der Waals surface area (Å²) in [4.78, 5) is 0. The largest absolute Gasteiger partial charge is 0.382 e. The molecule has 106 valence electrons. The molecule has 1 rings (SSSR count). The van der Waals surface area contributed by atoms with Crippen LogP contribution < -0.4 is 5.32 Å². The van der Waals surface area contributed by atoms with Crippen molar-refractivity contribution in [3.63, 3.8) is 0 Å². The Bertz CT molecular complexity index is 536. The van der Waals surface area contributed by atoms with Crippen molar-refractivity contribution in [1.82, 2.24) is 5.32 Å². The molecular weight excluding hydrogens is 246 g/mol. The van der Waals surface area contributed by atoms with Gasteiger partial charge in [-0.3, -0.25) is 0 Å². The van der Waals surface area contributed by atoms with Crippen LogP contribution >= 0.6 is 0 Å². The van der Waals surface area contributed by atoms with E-state index in [0.29, 0.717) is 5.92 Å². The predicted octanol–water partition coefficient (Wildman–Crippen LogP) is 3.83. The fourth-order valence-electron chi connectivity index (χ4n) is 2.36. The Hall–Kier alpha value is -2.00. The van der Waals surface area contributed by atoms with Gasteiger partial charge in [-0.15, -0.1) is 0 Å². The van der Waals surface area contributed by atoms with E-state index in [0.717, 1.165) is 17.7 Å². The zero-order valence-corrected chi connectivity index (χ0v) is 13.0. The highest BCUT2D eigenvalue weighted by Gasteiger charge is 2.24. The number of hydrogen-bond donors (Lipinski definition) is 1. The molecule has 3 heteroatoms. The first kappa shape index (κ1) is 16.1. The minimum Gasteiger partial charge on any atom is -0.382 e. The van der Waals surface area contributed by atoms with Gasteiger partial charge in [-0.25, -0.2) is 0 Å². The van der Waals surface area contributed by atoms with Crippen molar-refractivity contribution < 1.29 is 0 Å². The fourth-order valence-corrected chi connectivity index (χ4v) is 2.36. The highest BCUT2D eigenvalue weighted by molar-refractivity contribution is 5.46. The van der Waals surface area contributed by atoms with E-state index in [4.69, 9.17) is 5.26 Å². The quantitative estimate of drug-likeness (QED) is 0.789. The molecule has 2 atom stereocenters. The normalized spacial score (nSPS) is 22.7. The summed E-state index contributed by atoms with van der Waals surface area (Å²) in [5, 5.41) is 21.5. The highest BCUT2D eigenvalue weighted by Crippen LogP contribution is 2.30. The van der Waals surface area contributed by atoms with Crippen molar-refractivity contribution in [3.05, 3.63) is 34.6 Å². The van der Waals surface area contributed by atoms with E-state index < -0.39 is 0 Å². The van der Waals surface area contributed by atoms with E-state index in [9.17, 15) is 5.26 Å². The number of hydrogen-bond acceptors (Lipinski definition) is 3. The molecule has 0 amide bonds. The molecule has 1 N–H and O–H groups in total. The van der Waals surface area contributed by atoms with E-state index >= 15 is 0 Å². The predicted molar refractivity (Wildman–Crippen MR) is 81.3 cm³/mol. The first-order valence-corrected chi connectivity index (χ1v) is 7.05. The van der Waals surface area contributed by atoms with Gasteiger partial charge in [0, 0.05) is 17.3 Å². The smallest absolute Gasteiger partial charge is 0.0940 e. The monoisotopic (exact) mass is 269 g/mol.